The first kappa shape index (κ1) is 14.6. The van der Waals surface area contributed by atoms with E-state index >= 15 is 0 Å². The van der Waals surface area contributed by atoms with Crippen LogP contribution in [-0.4, -0.2) is 37.2 Å². The Bertz CT molecular complexity index is 320. The average Bonchev–Trinajstić information content (AvgIpc) is 3.18. The van der Waals surface area contributed by atoms with E-state index in [0.717, 1.165) is 26.3 Å². The van der Waals surface area contributed by atoms with Crippen LogP contribution >= 0.6 is 0 Å². The number of hydrogen-bond acceptors (Lipinski definition) is 2. The Morgan fingerprint density at radius 3 is 2.30 bits per heavy atom. The van der Waals surface area contributed by atoms with Gasteiger partial charge < -0.3 is 4.74 Å². The van der Waals surface area contributed by atoms with E-state index in [0.29, 0.717) is 6.04 Å². The quantitative estimate of drug-likeness (QED) is 0.776. The summed E-state index contributed by atoms with van der Waals surface area (Å²) in [6, 6.07) is 0.351. The fraction of sp³-hybridized carbons (Fsp3) is 0.333. The third-order valence-corrected chi connectivity index (χ3v) is 3.99. The minimum absolute atomic E-state index is 0.351. The van der Waals surface area contributed by atoms with Crippen LogP contribution in [0.3, 0.4) is 0 Å². The minimum atomic E-state index is 0.351. The lowest BCUT2D eigenvalue weighted by Gasteiger charge is -2.36. The molecular formula is C18H21NO. The van der Waals surface area contributed by atoms with E-state index in [1.807, 2.05) is 0 Å². The van der Waals surface area contributed by atoms with Crippen LogP contribution in [0, 0.1) is 63.2 Å². The molecule has 1 aliphatic heterocycles. The van der Waals surface area contributed by atoms with Crippen molar-refractivity contribution in [3.8, 4) is 0 Å². The first-order valence-corrected chi connectivity index (χ1v) is 7.28. The van der Waals surface area contributed by atoms with Crippen molar-refractivity contribution in [1.82, 2.24) is 4.90 Å². The first-order valence-electron chi connectivity index (χ1n) is 7.28. The smallest absolute Gasteiger partial charge is 0.0594 e. The Balaban J connectivity index is 1.71. The Kier molecular flexibility index (Phi) is 5.17. The van der Waals surface area contributed by atoms with Crippen molar-refractivity contribution in [2.45, 2.75) is 13.0 Å². The molecule has 0 aromatic rings. The van der Waals surface area contributed by atoms with E-state index in [9.17, 15) is 0 Å². The Labute approximate surface area is 124 Å². The molecule has 3 aliphatic rings. The zero-order valence-electron chi connectivity index (χ0n) is 12.0. The Hall–Kier alpha value is -0.340. The summed E-state index contributed by atoms with van der Waals surface area (Å²) in [5.41, 5.74) is 1.34. The second-order valence-electron chi connectivity index (χ2n) is 5.33. The lowest BCUT2D eigenvalue weighted by Crippen LogP contribution is -2.45. The van der Waals surface area contributed by atoms with E-state index in [1.54, 1.807) is 0 Å². The summed E-state index contributed by atoms with van der Waals surface area (Å²) in [4.78, 5) is 2.51. The van der Waals surface area contributed by atoms with Gasteiger partial charge in [-0.1, -0.05) is 11.6 Å². The predicted octanol–water partition coefficient (Wildman–Crippen LogP) is 2.44. The lowest BCUT2D eigenvalue weighted by molar-refractivity contribution is 0.0291. The van der Waals surface area contributed by atoms with Gasteiger partial charge in [0.15, 0.2) is 0 Å². The van der Waals surface area contributed by atoms with Gasteiger partial charge in [-0.05, 0) is 58.3 Å². The van der Waals surface area contributed by atoms with Crippen molar-refractivity contribution < 1.29 is 4.74 Å². The Morgan fingerprint density at radius 2 is 1.65 bits per heavy atom. The van der Waals surface area contributed by atoms with Crippen molar-refractivity contribution >= 4 is 0 Å². The van der Waals surface area contributed by atoms with E-state index in [1.165, 1.54) is 17.4 Å². The number of ether oxygens (including phenoxy) is 1. The molecule has 2 saturated carbocycles. The van der Waals surface area contributed by atoms with Gasteiger partial charge in [-0.3, -0.25) is 4.90 Å². The zero-order chi connectivity index (χ0) is 13.8. The maximum absolute atomic E-state index is 5.48. The van der Waals surface area contributed by atoms with Gasteiger partial charge in [0.05, 0.1) is 13.2 Å². The maximum Gasteiger partial charge on any atom is 0.0594 e. The molecule has 0 spiro atoms. The normalized spacial score (nSPS) is 29.1. The molecule has 2 aliphatic carbocycles. The van der Waals surface area contributed by atoms with Crippen LogP contribution in [-0.2, 0) is 4.74 Å². The summed E-state index contributed by atoms with van der Waals surface area (Å²) < 4.78 is 5.48. The van der Waals surface area contributed by atoms with Crippen molar-refractivity contribution in [3.05, 3.63) is 74.9 Å². The van der Waals surface area contributed by atoms with Crippen molar-refractivity contribution in [2.24, 2.45) is 0 Å². The SMILES string of the molecule is C/C(=C/C([C]1[CH][CH][CH][CH]1)N1CCOCC1)[C]1[CH][CH][CH][CH]1. The van der Waals surface area contributed by atoms with Crippen LogP contribution in [0.15, 0.2) is 11.6 Å². The summed E-state index contributed by atoms with van der Waals surface area (Å²) >= 11 is 0. The highest BCUT2D eigenvalue weighted by molar-refractivity contribution is 5.49. The standard InChI is InChI=1S/C18H21NO/c1-15(16-6-2-3-7-16)14-18(17-8-4-5-9-17)19-10-12-20-13-11-19/h2-9,14,18H,10-13H2,1H3/b15-14-. The van der Waals surface area contributed by atoms with Gasteiger partial charge in [0, 0.05) is 31.0 Å². The molecule has 2 nitrogen and oxygen atoms in total. The van der Waals surface area contributed by atoms with Crippen molar-refractivity contribution in [1.29, 1.82) is 0 Å². The van der Waals surface area contributed by atoms with Gasteiger partial charge in [0.25, 0.3) is 0 Å². The second-order valence-corrected chi connectivity index (χ2v) is 5.33. The van der Waals surface area contributed by atoms with Gasteiger partial charge in [-0.15, -0.1) is 0 Å². The first-order chi connectivity index (χ1) is 9.84. The largest absolute Gasteiger partial charge is 0.379 e. The van der Waals surface area contributed by atoms with Crippen LogP contribution in [0.5, 0.6) is 0 Å². The fourth-order valence-corrected chi connectivity index (χ4v) is 2.82. The van der Waals surface area contributed by atoms with Crippen molar-refractivity contribution in [3.63, 3.8) is 0 Å². The summed E-state index contributed by atoms with van der Waals surface area (Å²) in [5.74, 6) is 2.69. The fourth-order valence-electron chi connectivity index (χ4n) is 2.82. The molecule has 104 valence electrons. The van der Waals surface area contributed by atoms with Gasteiger partial charge in [-0.2, -0.15) is 0 Å². The van der Waals surface area contributed by atoms with Crippen LogP contribution in [0.2, 0.25) is 0 Å². The van der Waals surface area contributed by atoms with E-state index in [4.69, 9.17) is 4.74 Å². The molecular weight excluding hydrogens is 246 g/mol. The van der Waals surface area contributed by atoms with Gasteiger partial charge in [-0.25, -0.2) is 0 Å². The molecule has 2 heteroatoms. The number of hydrogen-bond donors (Lipinski definition) is 0. The molecule has 0 bridgehead atoms. The third-order valence-electron chi connectivity index (χ3n) is 3.99. The average molecular weight is 267 g/mol. The molecule has 0 amide bonds. The van der Waals surface area contributed by atoms with E-state index in [2.05, 4.69) is 69.3 Å². The molecule has 3 fully saturated rings. The highest BCUT2D eigenvalue weighted by Gasteiger charge is 2.31. The number of nitrogens with zero attached hydrogens (tertiary/aromatic N) is 1. The monoisotopic (exact) mass is 267 g/mol. The second kappa shape index (κ2) is 7.09. The van der Waals surface area contributed by atoms with Gasteiger partial charge in [0.1, 0.15) is 0 Å². The van der Waals surface area contributed by atoms with Crippen LogP contribution < -0.4 is 0 Å². The van der Waals surface area contributed by atoms with Crippen LogP contribution in [0.25, 0.3) is 0 Å². The number of morpholine rings is 1. The maximum atomic E-state index is 5.48. The summed E-state index contributed by atoms with van der Waals surface area (Å²) in [7, 11) is 0. The minimum Gasteiger partial charge on any atom is -0.379 e. The lowest BCUT2D eigenvalue weighted by atomic mass is 9.90. The van der Waals surface area contributed by atoms with Gasteiger partial charge in [0.2, 0.25) is 0 Å². The predicted molar refractivity (Wildman–Crippen MR) is 80.8 cm³/mol. The van der Waals surface area contributed by atoms with Crippen molar-refractivity contribution in [2.75, 3.05) is 26.3 Å². The number of allylic oxidation sites excluding steroid dienone is 1. The zero-order valence-corrected chi connectivity index (χ0v) is 12.0. The molecule has 0 N–H and O–H groups in total. The molecule has 0 aromatic heterocycles. The molecule has 1 heterocycles. The van der Waals surface area contributed by atoms with E-state index < -0.39 is 0 Å². The molecule has 10 radical (unpaired) electrons. The molecule has 1 unspecified atom stereocenters. The van der Waals surface area contributed by atoms with Crippen LogP contribution in [0.4, 0.5) is 0 Å². The molecule has 1 atom stereocenters. The molecule has 1 saturated heterocycles. The molecule has 3 rings (SSSR count). The highest BCUT2D eigenvalue weighted by Crippen LogP contribution is 2.34. The summed E-state index contributed by atoms with van der Waals surface area (Å²) in [5, 5.41) is 0. The van der Waals surface area contributed by atoms with Crippen LogP contribution in [0.1, 0.15) is 6.92 Å². The number of rotatable bonds is 4. The summed E-state index contributed by atoms with van der Waals surface area (Å²) in [6.07, 6.45) is 19.6. The third kappa shape index (κ3) is 3.46. The molecule has 20 heavy (non-hydrogen) atoms. The molecule has 0 aromatic carbocycles. The topological polar surface area (TPSA) is 12.5 Å². The Morgan fingerprint density at radius 1 is 1.05 bits per heavy atom. The summed E-state index contributed by atoms with van der Waals surface area (Å²) in [6.45, 7) is 5.87. The highest BCUT2D eigenvalue weighted by atomic mass is 16.5. The van der Waals surface area contributed by atoms with E-state index in [-0.39, 0.29) is 0 Å². The van der Waals surface area contributed by atoms with Gasteiger partial charge >= 0.3 is 0 Å².